The number of rotatable bonds is 6. The molecule has 19 heavy (non-hydrogen) atoms. The zero-order chi connectivity index (χ0) is 13.2. The van der Waals surface area contributed by atoms with Crippen LogP contribution in [0.4, 0.5) is 5.82 Å². The summed E-state index contributed by atoms with van der Waals surface area (Å²) in [7, 11) is 0. The van der Waals surface area contributed by atoms with Crippen molar-refractivity contribution in [3.8, 4) is 0 Å². The van der Waals surface area contributed by atoms with Crippen LogP contribution in [0.5, 0.6) is 0 Å². The van der Waals surface area contributed by atoms with Crippen molar-refractivity contribution in [2.45, 2.75) is 25.7 Å². The lowest BCUT2D eigenvalue weighted by Gasteiger charge is -2.16. The Morgan fingerprint density at radius 3 is 2.58 bits per heavy atom. The predicted octanol–water partition coefficient (Wildman–Crippen LogP) is 1.53. The molecule has 4 N–H and O–H groups in total. The Morgan fingerprint density at radius 2 is 2.00 bits per heavy atom. The Kier molecular flexibility index (Phi) is 3.38. The van der Waals surface area contributed by atoms with Crippen LogP contribution < -0.4 is 16.6 Å². The van der Waals surface area contributed by atoms with Crippen molar-refractivity contribution in [2.75, 3.05) is 12.0 Å². The summed E-state index contributed by atoms with van der Waals surface area (Å²) in [4.78, 5) is 16.2. The van der Waals surface area contributed by atoms with Crippen LogP contribution in [-0.4, -0.2) is 17.4 Å². The average Bonchev–Trinajstić information content (AvgIpc) is 3.31. The molecule has 3 rings (SSSR count). The maximum atomic E-state index is 12.1. The van der Waals surface area contributed by atoms with Gasteiger partial charge in [0, 0.05) is 6.54 Å². The minimum Gasteiger partial charge on any atom is -0.350 e. The molecule has 5 heteroatoms. The molecule has 0 saturated heterocycles. The first-order valence-corrected chi connectivity index (χ1v) is 7.00. The first-order chi connectivity index (χ1) is 9.28. The highest BCUT2D eigenvalue weighted by atomic mass is 16.1. The molecule has 1 aromatic rings. The second kappa shape index (κ2) is 5.17. The van der Waals surface area contributed by atoms with Gasteiger partial charge in [-0.2, -0.15) is 0 Å². The Hall–Kier alpha value is -1.62. The van der Waals surface area contributed by atoms with Crippen molar-refractivity contribution in [3.05, 3.63) is 23.9 Å². The molecule has 102 valence electrons. The van der Waals surface area contributed by atoms with E-state index in [2.05, 4.69) is 15.7 Å². The van der Waals surface area contributed by atoms with Crippen LogP contribution in [0.2, 0.25) is 0 Å². The van der Waals surface area contributed by atoms with Gasteiger partial charge in [-0.15, -0.1) is 0 Å². The minimum atomic E-state index is -0.108. The summed E-state index contributed by atoms with van der Waals surface area (Å²) in [6.07, 6.45) is 5.34. The van der Waals surface area contributed by atoms with Crippen molar-refractivity contribution in [3.63, 3.8) is 0 Å². The number of amides is 1. The van der Waals surface area contributed by atoms with Crippen LogP contribution in [-0.2, 0) is 0 Å². The number of carbonyl (C=O) groups is 1. The molecular formula is C14H20N4O. The highest BCUT2D eigenvalue weighted by molar-refractivity contribution is 5.92. The standard InChI is InChI=1S/C14H20N4O/c15-18-13-3-1-2-12(17-13)14(19)16-8-11(9-4-5-9)10-6-7-10/h1-3,9-11H,4-8,15H2,(H,16,19)(H,17,18). The van der Waals surface area contributed by atoms with Gasteiger partial charge >= 0.3 is 0 Å². The van der Waals surface area contributed by atoms with Crippen LogP contribution in [0.25, 0.3) is 0 Å². The van der Waals surface area contributed by atoms with E-state index in [0.29, 0.717) is 17.4 Å². The molecule has 0 bridgehead atoms. The number of nitrogens with one attached hydrogen (secondary N) is 2. The van der Waals surface area contributed by atoms with Crippen LogP contribution in [0, 0.1) is 17.8 Å². The van der Waals surface area contributed by atoms with Gasteiger partial charge in [0.15, 0.2) is 0 Å². The summed E-state index contributed by atoms with van der Waals surface area (Å²) in [5, 5.41) is 3.02. The SMILES string of the molecule is NNc1cccc(C(=O)NCC(C2CC2)C2CC2)n1. The molecule has 0 unspecified atom stereocenters. The normalized spacial score (nSPS) is 18.4. The summed E-state index contributed by atoms with van der Waals surface area (Å²) in [6.45, 7) is 0.788. The fourth-order valence-corrected chi connectivity index (χ4v) is 2.71. The van der Waals surface area contributed by atoms with E-state index < -0.39 is 0 Å². The Balaban J connectivity index is 1.57. The van der Waals surface area contributed by atoms with Gasteiger partial charge in [0.2, 0.25) is 0 Å². The van der Waals surface area contributed by atoms with Gasteiger partial charge in [0.25, 0.3) is 5.91 Å². The maximum absolute atomic E-state index is 12.1. The van der Waals surface area contributed by atoms with Gasteiger partial charge < -0.3 is 10.7 Å². The molecule has 2 aliphatic rings. The molecule has 1 amide bonds. The van der Waals surface area contributed by atoms with E-state index in [-0.39, 0.29) is 5.91 Å². The summed E-state index contributed by atoms with van der Waals surface area (Å²) in [6, 6.07) is 5.21. The molecule has 0 aliphatic heterocycles. The Bertz CT molecular complexity index is 456. The zero-order valence-electron chi connectivity index (χ0n) is 10.9. The Labute approximate surface area is 112 Å². The highest BCUT2D eigenvalue weighted by Crippen LogP contribution is 2.48. The smallest absolute Gasteiger partial charge is 0.269 e. The maximum Gasteiger partial charge on any atom is 0.269 e. The first kappa shape index (κ1) is 12.4. The molecule has 2 fully saturated rings. The molecule has 2 saturated carbocycles. The average molecular weight is 260 g/mol. The zero-order valence-corrected chi connectivity index (χ0v) is 10.9. The van der Waals surface area contributed by atoms with Crippen molar-refractivity contribution < 1.29 is 4.79 Å². The van der Waals surface area contributed by atoms with Crippen LogP contribution >= 0.6 is 0 Å². The molecule has 0 radical (unpaired) electrons. The van der Waals surface area contributed by atoms with E-state index in [1.807, 2.05) is 0 Å². The first-order valence-electron chi connectivity index (χ1n) is 7.00. The molecule has 5 nitrogen and oxygen atoms in total. The van der Waals surface area contributed by atoms with E-state index in [4.69, 9.17) is 5.84 Å². The number of pyridine rings is 1. The second-order valence-corrected chi connectivity index (χ2v) is 5.60. The molecule has 1 heterocycles. The largest absolute Gasteiger partial charge is 0.350 e. The number of nitrogens with zero attached hydrogens (tertiary/aromatic N) is 1. The molecule has 0 spiro atoms. The molecule has 0 atom stereocenters. The van der Waals surface area contributed by atoms with Crippen LogP contribution in [0.1, 0.15) is 36.2 Å². The van der Waals surface area contributed by atoms with Gasteiger partial charge in [-0.25, -0.2) is 10.8 Å². The van der Waals surface area contributed by atoms with E-state index in [1.54, 1.807) is 18.2 Å². The third kappa shape index (κ3) is 3.04. The third-order valence-electron chi connectivity index (χ3n) is 4.08. The van der Waals surface area contributed by atoms with Gasteiger partial charge in [0.05, 0.1) is 0 Å². The number of aromatic nitrogens is 1. The number of hydrogen-bond acceptors (Lipinski definition) is 4. The third-order valence-corrected chi connectivity index (χ3v) is 4.08. The van der Waals surface area contributed by atoms with Crippen molar-refractivity contribution in [1.29, 1.82) is 0 Å². The van der Waals surface area contributed by atoms with Crippen molar-refractivity contribution >= 4 is 11.7 Å². The predicted molar refractivity (Wildman–Crippen MR) is 73.3 cm³/mol. The Morgan fingerprint density at radius 1 is 1.32 bits per heavy atom. The minimum absolute atomic E-state index is 0.108. The fraction of sp³-hybridized carbons (Fsp3) is 0.571. The van der Waals surface area contributed by atoms with Crippen molar-refractivity contribution in [2.24, 2.45) is 23.6 Å². The molecule has 1 aromatic heterocycles. The lowest BCUT2D eigenvalue weighted by molar-refractivity contribution is 0.0938. The van der Waals surface area contributed by atoms with Crippen LogP contribution in [0.3, 0.4) is 0 Å². The fourth-order valence-electron chi connectivity index (χ4n) is 2.71. The molecule has 0 aromatic carbocycles. The van der Waals surface area contributed by atoms with E-state index in [1.165, 1.54) is 25.7 Å². The summed E-state index contributed by atoms with van der Waals surface area (Å²) >= 11 is 0. The topological polar surface area (TPSA) is 80.0 Å². The van der Waals surface area contributed by atoms with Gasteiger partial charge in [-0.1, -0.05) is 6.07 Å². The van der Waals surface area contributed by atoms with Gasteiger partial charge in [0.1, 0.15) is 11.5 Å². The number of anilines is 1. The van der Waals surface area contributed by atoms with Gasteiger partial charge in [-0.3, -0.25) is 4.79 Å². The highest BCUT2D eigenvalue weighted by Gasteiger charge is 2.41. The monoisotopic (exact) mass is 260 g/mol. The number of hydrogen-bond donors (Lipinski definition) is 3. The molecule has 2 aliphatic carbocycles. The summed E-state index contributed by atoms with van der Waals surface area (Å²) < 4.78 is 0. The number of carbonyl (C=O) groups excluding carboxylic acids is 1. The quantitative estimate of drug-likeness (QED) is 0.535. The second-order valence-electron chi connectivity index (χ2n) is 5.60. The number of nitrogens with two attached hydrogens (primary N) is 1. The number of hydrazine groups is 1. The summed E-state index contributed by atoms with van der Waals surface area (Å²) in [5.74, 6) is 8.06. The van der Waals surface area contributed by atoms with E-state index in [9.17, 15) is 4.79 Å². The lowest BCUT2D eigenvalue weighted by Crippen LogP contribution is -2.31. The van der Waals surface area contributed by atoms with Crippen molar-refractivity contribution in [1.82, 2.24) is 10.3 Å². The van der Waals surface area contributed by atoms with Gasteiger partial charge in [-0.05, 0) is 55.6 Å². The molecular weight excluding hydrogens is 240 g/mol. The summed E-state index contributed by atoms with van der Waals surface area (Å²) in [5.41, 5.74) is 2.87. The van der Waals surface area contributed by atoms with E-state index in [0.717, 1.165) is 18.4 Å². The van der Waals surface area contributed by atoms with E-state index >= 15 is 0 Å². The number of nitrogen functional groups attached to an aromatic ring is 1. The lowest BCUT2D eigenvalue weighted by atomic mass is 9.98. The van der Waals surface area contributed by atoms with Crippen LogP contribution in [0.15, 0.2) is 18.2 Å².